The summed E-state index contributed by atoms with van der Waals surface area (Å²) in [6.07, 6.45) is 6.03. The number of nitrogens with one attached hydrogen (secondary N) is 1. The first-order valence-electron chi connectivity index (χ1n) is 7.81. The van der Waals surface area contributed by atoms with Crippen molar-refractivity contribution >= 4 is 23.4 Å². The van der Waals surface area contributed by atoms with Crippen LogP contribution >= 0.6 is 12.2 Å². The van der Waals surface area contributed by atoms with Crippen molar-refractivity contribution < 1.29 is 0 Å². The second-order valence-corrected chi connectivity index (χ2v) is 5.87. The van der Waals surface area contributed by atoms with Crippen LogP contribution in [0.4, 0.5) is 0 Å². The third-order valence-corrected chi connectivity index (χ3v) is 4.26. The van der Waals surface area contributed by atoms with Gasteiger partial charge in [0.2, 0.25) is 0 Å². The zero-order chi connectivity index (χ0) is 14.7. The van der Waals surface area contributed by atoms with Gasteiger partial charge in [-0.2, -0.15) is 5.10 Å². The molecule has 20 heavy (non-hydrogen) atoms. The minimum atomic E-state index is 0.489. The highest BCUT2D eigenvalue weighted by atomic mass is 32.1. The number of fused-ring (bicyclic) bond motifs is 1. The normalized spacial score (nSPS) is 13.2. The monoisotopic (exact) mass is 294 g/mol. The maximum absolute atomic E-state index is 5.58. The molecule has 0 bridgehead atoms. The van der Waals surface area contributed by atoms with Crippen LogP contribution in [0.1, 0.15) is 64.6 Å². The minimum Gasteiger partial charge on any atom is -0.328 e. The molecule has 0 spiro atoms. The van der Waals surface area contributed by atoms with Crippen LogP contribution in [0.15, 0.2) is 0 Å². The number of nitrogens with zero attached hydrogens (tertiary/aromatic N) is 3. The van der Waals surface area contributed by atoms with Gasteiger partial charge in [0.05, 0.1) is 5.69 Å². The molecule has 1 N–H and O–H groups in total. The van der Waals surface area contributed by atoms with Gasteiger partial charge in [-0.15, -0.1) is 0 Å². The molecule has 2 heterocycles. The van der Waals surface area contributed by atoms with Crippen LogP contribution in [-0.2, 0) is 6.54 Å². The van der Waals surface area contributed by atoms with E-state index in [1.54, 1.807) is 0 Å². The molecule has 0 aliphatic carbocycles. The molecule has 0 radical (unpaired) electrons. The van der Waals surface area contributed by atoms with Gasteiger partial charge in [-0.3, -0.25) is 4.57 Å². The predicted octanol–water partition coefficient (Wildman–Crippen LogP) is 4.76. The molecule has 4 nitrogen and oxygen atoms in total. The number of H-pyrrole nitrogens is 1. The van der Waals surface area contributed by atoms with Crippen LogP contribution in [-0.4, -0.2) is 19.3 Å². The summed E-state index contributed by atoms with van der Waals surface area (Å²) >= 11 is 5.58. The van der Waals surface area contributed by atoms with Crippen LogP contribution < -0.4 is 0 Å². The first-order valence-corrected chi connectivity index (χ1v) is 8.22. The molecule has 1 unspecified atom stereocenters. The highest BCUT2D eigenvalue weighted by Crippen LogP contribution is 2.28. The summed E-state index contributed by atoms with van der Waals surface area (Å²) in [6.45, 7) is 9.55. The van der Waals surface area contributed by atoms with E-state index in [0.29, 0.717) is 6.04 Å². The average molecular weight is 294 g/mol. The Morgan fingerprint density at radius 2 is 1.95 bits per heavy atom. The summed E-state index contributed by atoms with van der Waals surface area (Å²) in [5.74, 6) is 0. The van der Waals surface area contributed by atoms with Crippen molar-refractivity contribution in [1.82, 2.24) is 19.3 Å². The van der Waals surface area contributed by atoms with Crippen LogP contribution in [0.2, 0.25) is 0 Å². The Labute approximate surface area is 126 Å². The van der Waals surface area contributed by atoms with Gasteiger partial charge in [0.15, 0.2) is 10.4 Å². The fourth-order valence-corrected chi connectivity index (χ4v) is 3.30. The molecule has 2 rings (SSSR count). The molecule has 112 valence electrons. The molecule has 2 aromatic heterocycles. The van der Waals surface area contributed by atoms with Crippen molar-refractivity contribution in [3.63, 3.8) is 0 Å². The van der Waals surface area contributed by atoms with Crippen molar-refractivity contribution in [3.05, 3.63) is 10.5 Å². The summed E-state index contributed by atoms with van der Waals surface area (Å²) in [5, 5.41) is 4.61. The molecule has 0 aliphatic heterocycles. The van der Waals surface area contributed by atoms with Gasteiger partial charge in [-0.25, -0.2) is 4.68 Å². The third kappa shape index (κ3) is 2.68. The van der Waals surface area contributed by atoms with Gasteiger partial charge in [-0.1, -0.05) is 33.1 Å². The van der Waals surface area contributed by atoms with Crippen molar-refractivity contribution in [2.75, 3.05) is 0 Å². The van der Waals surface area contributed by atoms with Crippen molar-refractivity contribution in [1.29, 1.82) is 0 Å². The van der Waals surface area contributed by atoms with Gasteiger partial charge in [-0.05, 0) is 38.9 Å². The summed E-state index contributed by atoms with van der Waals surface area (Å²) < 4.78 is 5.23. The van der Waals surface area contributed by atoms with Crippen LogP contribution in [0.3, 0.4) is 0 Å². The molecule has 0 amide bonds. The number of aromatic amines is 1. The molecule has 0 saturated heterocycles. The summed E-state index contributed by atoms with van der Waals surface area (Å²) in [5.41, 5.74) is 3.32. The van der Waals surface area contributed by atoms with E-state index in [1.807, 2.05) is 6.92 Å². The molecular weight excluding hydrogens is 268 g/mol. The van der Waals surface area contributed by atoms with Crippen LogP contribution in [0.25, 0.3) is 11.2 Å². The summed E-state index contributed by atoms with van der Waals surface area (Å²) in [7, 11) is 0. The topological polar surface area (TPSA) is 38.5 Å². The molecular formula is C15H26N4S. The highest BCUT2D eigenvalue weighted by molar-refractivity contribution is 7.71. The van der Waals surface area contributed by atoms with E-state index in [1.165, 1.54) is 37.8 Å². The Kier molecular flexibility index (Phi) is 5.02. The van der Waals surface area contributed by atoms with E-state index in [-0.39, 0.29) is 0 Å². The third-order valence-electron chi connectivity index (χ3n) is 3.96. The number of imidazole rings is 1. The quantitative estimate of drug-likeness (QED) is 0.748. The van der Waals surface area contributed by atoms with Crippen molar-refractivity contribution in [2.45, 2.75) is 72.4 Å². The van der Waals surface area contributed by atoms with Crippen LogP contribution in [0.5, 0.6) is 0 Å². The van der Waals surface area contributed by atoms with Gasteiger partial charge in [0.1, 0.15) is 5.52 Å². The maximum Gasteiger partial charge on any atom is 0.179 e. The smallest absolute Gasteiger partial charge is 0.179 e. The Morgan fingerprint density at radius 1 is 1.20 bits per heavy atom. The molecule has 0 fully saturated rings. The Hall–Kier alpha value is -1.10. The van der Waals surface area contributed by atoms with E-state index in [2.05, 4.69) is 40.1 Å². The second-order valence-electron chi connectivity index (χ2n) is 5.48. The van der Waals surface area contributed by atoms with Crippen LogP contribution in [0, 0.1) is 11.7 Å². The summed E-state index contributed by atoms with van der Waals surface area (Å²) in [4.78, 5) is 3.36. The largest absolute Gasteiger partial charge is 0.328 e. The number of rotatable bonds is 7. The number of aryl methyl sites for hydroxylation is 2. The van der Waals surface area contributed by atoms with Crippen molar-refractivity contribution in [3.8, 4) is 0 Å². The number of unbranched alkanes of at least 4 members (excludes halogenated alkanes) is 1. The fourth-order valence-electron chi connectivity index (χ4n) is 2.96. The van der Waals surface area contributed by atoms with E-state index in [4.69, 9.17) is 12.2 Å². The first kappa shape index (κ1) is 15.3. The van der Waals surface area contributed by atoms with E-state index >= 15 is 0 Å². The second kappa shape index (κ2) is 6.57. The standard InChI is InChI=1S/C15H26N4S/c1-5-8-10-12(9-6-2)19-14-13(16-15(19)20)11(4)17-18(14)7-3/h12H,5-10H2,1-4H3,(H,16,20). The van der Waals surface area contributed by atoms with Gasteiger partial charge in [0.25, 0.3) is 0 Å². The molecule has 0 aromatic carbocycles. The maximum atomic E-state index is 5.58. The van der Waals surface area contributed by atoms with E-state index < -0.39 is 0 Å². The van der Waals surface area contributed by atoms with Gasteiger partial charge < -0.3 is 4.98 Å². The lowest BCUT2D eigenvalue weighted by atomic mass is 10.1. The zero-order valence-corrected chi connectivity index (χ0v) is 13.9. The SMILES string of the molecule is CCCCC(CCC)n1c(=S)[nH]c2c(C)nn(CC)c21. The number of hydrogen-bond acceptors (Lipinski definition) is 2. The molecule has 0 aliphatic rings. The lowest BCUT2D eigenvalue weighted by Gasteiger charge is -2.19. The van der Waals surface area contributed by atoms with Gasteiger partial charge >= 0.3 is 0 Å². The van der Waals surface area contributed by atoms with E-state index in [0.717, 1.165) is 22.5 Å². The number of hydrogen-bond donors (Lipinski definition) is 1. The zero-order valence-electron chi connectivity index (χ0n) is 13.1. The lowest BCUT2D eigenvalue weighted by Crippen LogP contribution is -2.12. The molecule has 5 heteroatoms. The Bertz CT molecular complexity index is 620. The predicted molar refractivity (Wildman–Crippen MR) is 86.8 cm³/mol. The molecule has 0 saturated carbocycles. The first-order chi connectivity index (χ1) is 9.63. The Balaban J connectivity index is 2.55. The minimum absolute atomic E-state index is 0.489. The van der Waals surface area contributed by atoms with Gasteiger partial charge in [0, 0.05) is 12.6 Å². The lowest BCUT2D eigenvalue weighted by molar-refractivity contribution is 0.415. The van der Waals surface area contributed by atoms with Crippen molar-refractivity contribution in [2.24, 2.45) is 0 Å². The fraction of sp³-hybridized carbons (Fsp3) is 0.733. The molecule has 2 aromatic rings. The average Bonchev–Trinajstić information content (AvgIpc) is 2.92. The number of aromatic nitrogens is 4. The van der Waals surface area contributed by atoms with E-state index in [9.17, 15) is 0 Å². The highest BCUT2D eigenvalue weighted by Gasteiger charge is 2.19. The Morgan fingerprint density at radius 3 is 2.55 bits per heavy atom. The summed E-state index contributed by atoms with van der Waals surface area (Å²) in [6, 6.07) is 0.489. The molecule has 1 atom stereocenters.